The zero-order valence-corrected chi connectivity index (χ0v) is 13.8. The maximum atomic E-state index is 12.1. The summed E-state index contributed by atoms with van der Waals surface area (Å²) in [5, 5.41) is 5.12. The van der Waals surface area contributed by atoms with Crippen LogP contribution in [0.1, 0.15) is 38.3 Å². The van der Waals surface area contributed by atoms with Crippen molar-refractivity contribution in [1.29, 1.82) is 0 Å². The van der Waals surface area contributed by atoms with Crippen molar-refractivity contribution in [1.82, 2.24) is 10.6 Å². The fraction of sp³-hybridized carbons (Fsp3) is 0.529. The van der Waals surface area contributed by atoms with Gasteiger partial charge in [0.25, 0.3) is 0 Å². The van der Waals surface area contributed by atoms with E-state index in [1.807, 2.05) is 25.7 Å². The van der Waals surface area contributed by atoms with Gasteiger partial charge in [0.05, 0.1) is 6.54 Å². The lowest BCUT2D eigenvalue weighted by molar-refractivity contribution is -0.118. The van der Waals surface area contributed by atoms with Gasteiger partial charge in [-0.2, -0.15) is 0 Å². The molecule has 22 heavy (non-hydrogen) atoms. The van der Waals surface area contributed by atoms with Crippen LogP contribution in [0.2, 0.25) is 0 Å². The molecule has 1 heterocycles. The first-order chi connectivity index (χ1) is 10.2. The molecule has 0 spiro atoms. The van der Waals surface area contributed by atoms with Crippen LogP contribution in [0.3, 0.4) is 0 Å². The maximum Gasteiger partial charge on any atom is 0.321 e. The van der Waals surface area contributed by atoms with Crippen molar-refractivity contribution in [2.75, 3.05) is 18.0 Å². The van der Waals surface area contributed by atoms with E-state index in [9.17, 15) is 9.59 Å². The first-order valence-electron chi connectivity index (χ1n) is 7.71. The molecule has 0 aliphatic carbocycles. The average molecular weight is 303 g/mol. The van der Waals surface area contributed by atoms with Crippen molar-refractivity contribution in [2.45, 2.75) is 46.1 Å². The van der Waals surface area contributed by atoms with E-state index in [0.717, 1.165) is 25.1 Å². The Balaban J connectivity index is 1.97. The Morgan fingerprint density at radius 3 is 2.68 bits per heavy atom. The minimum atomic E-state index is -0.446. The van der Waals surface area contributed by atoms with E-state index in [4.69, 9.17) is 0 Å². The van der Waals surface area contributed by atoms with Crippen LogP contribution >= 0.6 is 0 Å². The molecule has 120 valence electrons. The summed E-state index contributed by atoms with van der Waals surface area (Å²) in [5.74, 6) is -0.282. The van der Waals surface area contributed by atoms with Crippen molar-refractivity contribution in [3.8, 4) is 0 Å². The molecule has 0 fully saturated rings. The van der Waals surface area contributed by atoms with Gasteiger partial charge in [0, 0.05) is 17.8 Å². The highest BCUT2D eigenvalue weighted by Crippen LogP contribution is 2.27. The summed E-state index contributed by atoms with van der Waals surface area (Å²) in [7, 11) is 0. The van der Waals surface area contributed by atoms with Gasteiger partial charge < -0.3 is 10.2 Å². The summed E-state index contributed by atoms with van der Waals surface area (Å²) >= 11 is 0. The van der Waals surface area contributed by atoms with Gasteiger partial charge in [-0.3, -0.25) is 10.1 Å². The van der Waals surface area contributed by atoms with E-state index in [1.165, 1.54) is 11.1 Å². The molecule has 2 N–H and O–H groups in total. The number of benzene rings is 1. The lowest BCUT2D eigenvalue weighted by atomic mass is 9.99. The van der Waals surface area contributed by atoms with E-state index in [-0.39, 0.29) is 18.0 Å². The molecule has 0 bridgehead atoms. The van der Waals surface area contributed by atoms with Crippen molar-refractivity contribution >= 4 is 17.6 Å². The number of carbonyl (C=O) groups is 2. The topological polar surface area (TPSA) is 61.4 Å². The minimum absolute atomic E-state index is 0.202. The predicted molar refractivity (Wildman–Crippen MR) is 88.1 cm³/mol. The van der Waals surface area contributed by atoms with Gasteiger partial charge in [-0.1, -0.05) is 17.7 Å². The molecule has 5 nitrogen and oxygen atoms in total. The van der Waals surface area contributed by atoms with E-state index >= 15 is 0 Å². The molecule has 0 atom stereocenters. The standard InChI is InChI=1S/C17H25N3O2/c1-12-7-8-14-13(10-12)6-5-9-20(14)11-15(21)18-16(22)19-17(2,3)4/h7-8,10H,5-6,9,11H2,1-4H3,(H2,18,19,21,22). The Hall–Kier alpha value is -2.04. The van der Waals surface area contributed by atoms with Crippen LogP contribution in [0.15, 0.2) is 18.2 Å². The summed E-state index contributed by atoms with van der Waals surface area (Å²) in [6, 6.07) is 5.85. The Bertz CT molecular complexity index is 576. The number of imide groups is 1. The first kappa shape index (κ1) is 16.3. The number of hydrogen-bond acceptors (Lipinski definition) is 3. The van der Waals surface area contributed by atoms with Gasteiger partial charge >= 0.3 is 6.03 Å². The third-order valence-electron chi connectivity index (χ3n) is 3.53. The SMILES string of the molecule is Cc1ccc2c(c1)CCCN2CC(=O)NC(=O)NC(C)(C)C. The van der Waals surface area contributed by atoms with Crippen LogP contribution in [0.25, 0.3) is 0 Å². The number of rotatable bonds is 2. The Kier molecular flexibility index (Phi) is 4.74. The van der Waals surface area contributed by atoms with Crippen LogP contribution in [0.4, 0.5) is 10.5 Å². The zero-order chi connectivity index (χ0) is 16.3. The molecule has 5 heteroatoms. The summed E-state index contributed by atoms with van der Waals surface area (Å²) in [6.45, 7) is 8.74. The third kappa shape index (κ3) is 4.48. The molecule has 0 unspecified atom stereocenters. The highest BCUT2D eigenvalue weighted by atomic mass is 16.2. The van der Waals surface area contributed by atoms with Crippen LogP contribution < -0.4 is 15.5 Å². The summed E-state index contributed by atoms with van der Waals surface area (Å²) in [4.78, 5) is 25.8. The van der Waals surface area contributed by atoms with Crippen LogP contribution in [0.5, 0.6) is 0 Å². The fourth-order valence-electron chi connectivity index (χ4n) is 2.68. The normalized spacial score (nSPS) is 14.3. The second-order valence-corrected chi connectivity index (χ2v) is 6.91. The van der Waals surface area contributed by atoms with E-state index in [0.29, 0.717) is 0 Å². The number of nitrogens with one attached hydrogen (secondary N) is 2. The number of anilines is 1. The van der Waals surface area contributed by atoms with Crippen molar-refractivity contribution < 1.29 is 9.59 Å². The van der Waals surface area contributed by atoms with E-state index in [2.05, 4.69) is 35.8 Å². The number of fused-ring (bicyclic) bond motifs is 1. The van der Waals surface area contributed by atoms with E-state index < -0.39 is 6.03 Å². The van der Waals surface area contributed by atoms with Gasteiger partial charge in [-0.05, 0) is 52.2 Å². The summed E-state index contributed by atoms with van der Waals surface area (Å²) < 4.78 is 0. The van der Waals surface area contributed by atoms with Crippen LogP contribution in [0, 0.1) is 6.92 Å². The summed E-state index contributed by atoms with van der Waals surface area (Å²) in [6.07, 6.45) is 2.07. The fourth-order valence-corrected chi connectivity index (χ4v) is 2.68. The second kappa shape index (κ2) is 6.38. The predicted octanol–water partition coefficient (Wildman–Crippen LogP) is 2.37. The molecule has 0 saturated heterocycles. The molecule has 0 aromatic heterocycles. The van der Waals surface area contributed by atoms with Crippen molar-refractivity contribution in [3.63, 3.8) is 0 Å². The summed E-state index contributed by atoms with van der Waals surface area (Å²) in [5.41, 5.74) is 3.25. The van der Waals surface area contributed by atoms with Gasteiger partial charge in [0.2, 0.25) is 5.91 Å². The van der Waals surface area contributed by atoms with Gasteiger partial charge in [-0.25, -0.2) is 4.79 Å². The van der Waals surface area contributed by atoms with Gasteiger partial charge in [-0.15, -0.1) is 0 Å². The highest BCUT2D eigenvalue weighted by Gasteiger charge is 2.21. The van der Waals surface area contributed by atoms with Gasteiger partial charge in [0.1, 0.15) is 0 Å². The maximum absolute atomic E-state index is 12.1. The van der Waals surface area contributed by atoms with Crippen molar-refractivity contribution in [3.05, 3.63) is 29.3 Å². The quantitative estimate of drug-likeness (QED) is 0.882. The molecule has 0 radical (unpaired) electrons. The molecule has 0 saturated carbocycles. The molecule has 1 aliphatic rings. The first-order valence-corrected chi connectivity index (χ1v) is 7.71. The largest absolute Gasteiger partial charge is 0.362 e. The monoisotopic (exact) mass is 303 g/mol. The third-order valence-corrected chi connectivity index (χ3v) is 3.53. The minimum Gasteiger partial charge on any atom is -0.362 e. The zero-order valence-electron chi connectivity index (χ0n) is 13.8. The lowest BCUT2D eigenvalue weighted by Gasteiger charge is -2.31. The Morgan fingerprint density at radius 1 is 1.27 bits per heavy atom. The molecule has 1 aliphatic heterocycles. The second-order valence-electron chi connectivity index (χ2n) is 6.91. The number of nitrogens with zero attached hydrogens (tertiary/aromatic N) is 1. The Labute approximate surface area is 132 Å². The Morgan fingerprint density at radius 2 is 2.00 bits per heavy atom. The highest BCUT2D eigenvalue weighted by molar-refractivity contribution is 5.96. The molecule has 3 amide bonds. The van der Waals surface area contributed by atoms with Crippen LogP contribution in [-0.2, 0) is 11.2 Å². The number of carbonyl (C=O) groups excluding carboxylic acids is 2. The van der Waals surface area contributed by atoms with Crippen LogP contribution in [-0.4, -0.2) is 30.6 Å². The average Bonchev–Trinajstić information content (AvgIpc) is 2.35. The molecule has 2 rings (SSSR count). The molecule has 1 aromatic carbocycles. The molecule has 1 aromatic rings. The molecular formula is C17H25N3O2. The molecular weight excluding hydrogens is 278 g/mol. The number of urea groups is 1. The van der Waals surface area contributed by atoms with E-state index in [1.54, 1.807) is 0 Å². The van der Waals surface area contributed by atoms with Gasteiger partial charge in [0.15, 0.2) is 0 Å². The van der Waals surface area contributed by atoms with Crippen molar-refractivity contribution in [2.24, 2.45) is 0 Å². The number of aryl methyl sites for hydroxylation is 2. The number of hydrogen-bond donors (Lipinski definition) is 2. The number of amides is 3. The lowest BCUT2D eigenvalue weighted by Crippen LogP contribution is -2.50. The smallest absolute Gasteiger partial charge is 0.321 e.